The number of nitrogens with zero attached hydrogens (tertiary/aromatic N) is 2. The molecule has 0 fully saturated rings. The summed E-state index contributed by atoms with van der Waals surface area (Å²) in [5.41, 5.74) is 6.52. The highest BCUT2D eigenvalue weighted by Gasteiger charge is 2.34. The lowest BCUT2D eigenvalue weighted by Crippen LogP contribution is -2.40. The van der Waals surface area contributed by atoms with Gasteiger partial charge in [-0.3, -0.25) is 9.78 Å². The molecule has 0 saturated carbocycles. The number of carbonyl (C=O) groups is 1. The van der Waals surface area contributed by atoms with Crippen LogP contribution in [0, 0.1) is 6.92 Å². The van der Waals surface area contributed by atoms with Crippen molar-refractivity contribution in [1.82, 2.24) is 14.9 Å². The average molecular weight is 367 g/mol. The van der Waals surface area contributed by atoms with E-state index in [0.717, 1.165) is 23.2 Å². The Morgan fingerprint density at radius 3 is 2.68 bits per heavy atom. The molecule has 0 radical (unpaired) electrons. The number of aromatic nitrogens is 2. The van der Waals surface area contributed by atoms with Crippen LogP contribution in [0.2, 0.25) is 0 Å². The number of para-hydroxylation sites is 1. The number of benzene rings is 2. The minimum absolute atomic E-state index is 0.0166. The molecule has 1 amide bonds. The number of carbonyl (C=O) groups excluding carboxylic acids is 1. The topological polar surface area (TPSA) is 49.0 Å². The van der Waals surface area contributed by atoms with Crippen molar-refractivity contribution < 1.29 is 4.79 Å². The average Bonchev–Trinajstić information content (AvgIpc) is 3.13. The summed E-state index contributed by atoms with van der Waals surface area (Å²) < 4.78 is 0. The summed E-state index contributed by atoms with van der Waals surface area (Å²) in [6, 6.07) is 20.4. The van der Waals surface area contributed by atoms with Crippen LogP contribution in [0.4, 0.5) is 0 Å². The molecule has 0 saturated heterocycles. The molecule has 1 atom stereocenters. The standard InChI is InChI=1S/C24H21N3O/c1-16-8-10-17(11-9-16)23-22-20(19-6-2-3-7-21(19)26-22)12-14-27(23)24(28)18-5-4-13-25-15-18/h2-11,13,15,23,26H,12,14H2,1H3/t23-/m0/s1. The van der Waals surface area contributed by atoms with Gasteiger partial charge < -0.3 is 9.88 Å². The van der Waals surface area contributed by atoms with Gasteiger partial charge in [-0.25, -0.2) is 0 Å². The molecule has 4 heteroatoms. The van der Waals surface area contributed by atoms with Crippen molar-refractivity contribution in [2.24, 2.45) is 0 Å². The molecule has 2 aromatic carbocycles. The van der Waals surface area contributed by atoms with Gasteiger partial charge in [0.15, 0.2) is 0 Å². The zero-order valence-corrected chi connectivity index (χ0v) is 15.7. The summed E-state index contributed by atoms with van der Waals surface area (Å²) in [5.74, 6) is 0.0166. The number of nitrogens with one attached hydrogen (secondary N) is 1. The largest absolute Gasteiger partial charge is 0.356 e. The predicted octanol–water partition coefficient (Wildman–Crippen LogP) is 4.66. The van der Waals surface area contributed by atoms with E-state index in [-0.39, 0.29) is 11.9 Å². The number of hydrogen-bond donors (Lipinski definition) is 1. The fraction of sp³-hybridized carbons (Fsp3) is 0.167. The van der Waals surface area contributed by atoms with Gasteiger partial charge in [-0.2, -0.15) is 0 Å². The summed E-state index contributed by atoms with van der Waals surface area (Å²) >= 11 is 0. The Morgan fingerprint density at radius 2 is 1.89 bits per heavy atom. The number of pyridine rings is 1. The van der Waals surface area contributed by atoms with Gasteiger partial charge in [0.2, 0.25) is 0 Å². The van der Waals surface area contributed by atoms with Crippen LogP contribution in [0.5, 0.6) is 0 Å². The van der Waals surface area contributed by atoms with Gasteiger partial charge >= 0.3 is 0 Å². The van der Waals surface area contributed by atoms with Gasteiger partial charge in [-0.1, -0.05) is 48.0 Å². The molecule has 3 heterocycles. The van der Waals surface area contributed by atoms with Crippen molar-refractivity contribution >= 4 is 16.8 Å². The third kappa shape index (κ3) is 2.69. The third-order valence-corrected chi connectivity index (χ3v) is 5.60. The molecule has 5 rings (SSSR count). The van der Waals surface area contributed by atoms with Crippen molar-refractivity contribution in [1.29, 1.82) is 0 Å². The lowest BCUT2D eigenvalue weighted by atomic mass is 9.91. The van der Waals surface area contributed by atoms with E-state index in [1.165, 1.54) is 16.5 Å². The molecule has 0 aliphatic carbocycles. The molecule has 4 nitrogen and oxygen atoms in total. The number of H-pyrrole nitrogens is 1. The second-order valence-corrected chi connectivity index (χ2v) is 7.37. The predicted molar refractivity (Wildman–Crippen MR) is 110 cm³/mol. The van der Waals surface area contributed by atoms with E-state index in [9.17, 15) is 4.79 Å². The third-order valence-electron chi connectivity index (χ3n) is 5.60. The minimum Gasteiger partial charge on any atom is -0.356 e. The SMILES string of the molecule is Cc1ccc([C@H]2c3[nH]c4ccccc4c3CCN2C(=O)c2cccnc2)cc1. The van der Waals surface area contributed by atoms with Crippen molar-refractivity contribution in [2.45, 2.75) is 19.4 Å². The van der Waals surface area contributed by atoms with E-state index in [1.54, 1.807) is 12.4 Å². The Kier molecular flexibility index (Phi) is 3.97. The van der Waals surface area contributed by atoms with Gasteiger partial charge in [0.1, 0.15) is 0 Å². The maximum Gasteiger partial charge on any atom is 0.256 e. The van der Waals surface area contributed by atoms with Gasteiger partial charge in [-0.05, 0) is 42.7 Å². The first-order chi connectivity index (χ1) is 13.7. The number of rotatable bonds is 2. The van der Waals surface area contributed by atoms with Crippen LogP contribution in [0.3, 0.4) is 0 Å². The molecule has 1 N–H and O–H groups in total. The van der Waals surface area contributed by atoms with Crippen molar-refractivity contribution in [3.8, 4) is 0 Å². The maximum absolute atomic E-state index is 13.3. The van der Waals surface area contributed by atoms with E-state index >= 15 is 0 Å². The van der Waals surface area contributed by atoms with E-state index in [2.05, 4.69) is 59.4 Å². The highest BCUT2D eigenvalue weighted by atomic mass is 16.2. The van der Waals surface area contributed by atoms with E-state index < -0.39 is 0 Å². The van der Waals surface area contributed by atoms with Gasteiger partial charge in [0.25, 0.3) is 5.91 Å². The lowest BCUT2D eigenvalue weighted by molar-refractivity contribution is 0.0691. The summed E-state index contributed by atoms with van der Waals surface area (Å²) in [6.07, 6.45) is 4.18. The monoisotopic (exact) mass is 367 g/mol. The van der Waals surface area contributed by atoms with Crippen LogP contribution >= 0.6 is 0 Å². The highest BCUT2D eigenvalue weighted by Crippen LogP contribution is 2.39. The summed E-state index contributed by atoms with van der Waals surface area (Å²) in [5, 5.41) is 1.25. The van der Waals surface area contributed by atoms with Crippen LogP contribution in [0.15, 0.2) is 73.1 Å². The number of fused-ring (bicyclic) bond motifs is 3. The minimum atomic E-state index is -0.135. The van der Waals surface area contributed by atoms with E-state index in [1.807, 2.05) is 23.1 Å². The molecule has 28 heavy (non-hydrogen) atoms. The lowest BCUT2D eigenvalue weighted by Gasteiger charge is -2.36. The first-order valence-corrected chi connectivity index (χ1v) is 9.59. The quantitative estimate of drug-likeness (QED) is 0.560. The molecule has 2 aromatic heterocycles. The summed E-state index contributed by atoms with van der Waals surface area (Å²) in [6.45, 7) is 2.76. The summed E-state index contributed by atoms with van der Waals surface area (Å²) in [4.78, 5) is 23.1. The molecule has 1 aliphatic rings. The van der Waals surface area contributed by atoms with Crippen LogP contribution < -0.4 is 0 Å². The first kappa shape index (κ1) is 16.8. The van der Waals surface area contributed by atoms with E-state index in [4.69, 9.17) is 0 Å². The molecule has 0 bridgehead atoms. The Labute approximate surface area is 163 Å². The van der Waals surface area contributed by atoms with E-state index in [0.29, 0.717) is 12.1 Å². The Hall–Kier alpha value is -3.40. The van der Waals surface area contributed by atoms with Gasteiger partial charge in [0.05, 0.1) is 11.6 Å². The number of hydrogen-bond acceptors (Lipinski definition) is 2. The van der Waals surface area contributed by atoms with Crippen LogP contribution in [-0.4, -0.2) is 27.3 Å². The number of aromatic amines is 1. The Morgan fingerprint density at radius 1 is 1.07 bits per heavy atom. The molecule has 0 unspecified atom stereocenters. The van der Waals surface area contributed by atoms with Gasteiger partial charge in [-0.15, -0.1) is 0 Å². The number of amides is 1. The Balaban J connectivity index is 1.67. The maximum atomic E-state index is 13.3. The smallest absolute Gasteiger partial charge is 0.256 e. The normalized spacial score (nSPS) is 16.2. The zero-order valence-electron chi connectivity index (χ0n) is 15.7. The van der Waals surface area contributed by atoms with Crippen LogP contribution in [-0.2, 0) is 6.42 Å². The second-order valence-electron chi connectivity index (χ2n) is 7.37. The molecular weight excluding hydrogens is 346 g/mol. The van der Waals surface area contributed by atoms with Crippen LogP contribution in [0.1, 0.15) is 38.8 Å². The second kappa shape index (κ2) is 6.64. The van der Waals surface area contributed by atoms with Crippen LogP contribution in [0.25, 0.3) is 10.9 Å². The first-order valence-electron chi connectivity index (χ1n) is 9.59. The Bertz CT molecular complexity index is 1150. The fourth-order valence-electron chi connectivity index (χ4n) is 4.21. The van der Waals surface area contributed by atoms with Crippen molar-refractivity contribution in [3.05, 3.63) is 101 Å². The molecule has 0 spiro atoms. The fourth-order valence-corrected chi connectivity index (χ4v) is 4.21. The molecule has 4 aromatic rings. The van der Waals surface area contributed by atoms with Crippen molar-refractivity contribution in [3.63, 3.8) is 0 Å². The number of aryl methyl sites for hydroxylation is 1. The molecule has 138 valence electrons. The molecular formula is C24H21N3O. The highest BCUT2D eigenvalue weighted by molar-refractivity contribution is 5.95. The zero-order chi connectivity index (χ0) is 19.1. The van der Waals surface area contributed by atoms with Gasteiger partial charge in [0, 0.05) is 35.5 Å². The molecule has 1 aliphatic heterocycles. The summed E-state index contributed by atoms with van der Waals surface area (Å²) in [7, 11) is 0. The van der Waals surface area contributed by atoms with Crippen molar-refractivity contribution in [2.75, 3.05) is 6.54 Å².